The topological polar surface area (TPSA) is 90.3 Å². The number of fused-ring (bicyclic) bond motifs is 3. The number of amides is 2. The van der Waals surface area contributed by atoms with E-state index in [9.17, 15) is 4.79 Å². The van der Waals surface area contributed by atoms with E-state index < -0.39 is 0 Å². The summed E-state index contributed by atoms with van der Waals surface area (Å²) in [4.78, 5) is 22.2. The Morgan fingerprint density at radius 3 is 2.92 bits per heavy atom. The van der Waals surface area contributed by atoms with E-state index in [4.69, 9.17) is 4.42 Å². The van der Waals surface area contributed by atoms with Gasteiger partial charge < -0.3 is 14.6 Å². The zero-order valence-corrected chi connectivity index (χ0v) is 22.1. The fraction of sp³-hybridized carbons (Fsp3) is 0.323. The van der Waals surface area contributed by atoms with Crippen molar-refractivity contribution in [2.24, 2.45) is 0 Å². The van der Waals surface area contributed by atoms with E-state index in [1.165, 1.54) is 16.3 Å². The first-order valence-corrected chi connectivity index (χ1v) is 13.8. The maximum absolute atomic E-state index is 13.4. The Bertz CT molecular complexity index is 1670. The number of hydrogen-bond donors (Lipinski definition) is 2. The number of carbonyl (C=O) groups excluding carboxylic acids is 1. The van der Waals surface area contributed by atoms with Gasteiger partial charge >= 0.3 is 6.03 Å². The van der Waals surface area contributed by atoms with Crippen molar-refractivity contribution in [1.82, 2.24) is 30.3 Å². The lowest BCUT2D eigenvalue weighted by Crippen LogP contribution is -2.52. The lowest BCUT2D eigenvalue weighted by atomic mass is 10.0. The Morgan fingerprint density at radius 2 is 2.00 bits per heavy atom. The van der Waals surface area contributed by atoms with Gasteiger partial charge in [0.25, 0.3) is 0 Å². The predicted molar refractivity (Wildman–Crippen MR) is 151 cm³/mol. The third-order valence-corrected chi connectivity index (χ3v) is 8.04. The number of urea groups is 1. The van der Waals surface area contributed by atoms with Crippen molar-refractivity contribution in [3.63, 3.8) is 0 Å². The number of carbonyl (C=O) groups is 1. The molecule has 0 aliphatic carbocycles. The molecule has 0 unspecified atom stereocenters. The number of rotatable bonds is 4. The van der Waals surface area contributed by atoms with Crippen molar-refractivity contribution in [2.75, 3.05) is 19.6 Å². The minimum atomic E-state index is 0.00735. The van der Waals surface area contributed by atoms with Crippen molar-refractivity contribution in [1.29, 1.82) is 0 Å². The zero-order chi connectivity index (χ0) is 26.3. The second kappa shape index (κ2) is 9.85. The maximum atomic E-state index is 13.4. The van der Waals surface area contributed by atoms with Crippen LogP contribution in [0.3, 0.4) is 0 Å². The van der Waals surface area contributed by atoms with E-state index in [1.54, 1.807) is 0 Å². The molecule has 2 N–H and O–H groups in total. The largest absolute Gasteiger partial charge is 0.441 e. The molecule has 3 aromatic carbocycles. The molecule has 8 heteroatoms. The van der Waals surface area contributed by atoms with Crippen LogP contribution in [0, 0.1) is 6.92 Å². The summed E-state index contributed by atoms with van der Waals surface area (Å²) in [6, 6.07) is 21.3. The van der Waals surface area contributed by atoms with Gasteiger partial charge in [0.15, 0.2) is 11.5 Å². The Balaban J connectivity index is 1.01. The number of aromatic amines is 1. The number of piperidine rings is 1. The van der Waals surface area contributed by atoms with Gasteiger partial charge in [-0.25, -0.2) is 9.78 Å². The lowest BCUT2D eigenvalue weighted by Gasteiger charge is -2.35. The van der Waals surface area contributed by atoms with Crippen LogP contribution in [0.2, 0.25) is 0 Å². The molecule has 2 amide bonds. The molecular formula is C31H32N6O2. The number of oxazole rings is 1. The maximum Gasteiger partial charge on any atom is 0.317 e. The van der Waals surface area contributed by atoms with Gasteiger partial charge in [0.2, 0.25) is 0 Å². The van der Waals surface area contributed by atoms with Gasteiger partial charge in [0.05, 0.1) is 12.2 Å². The van der Waals surface area contributed by atoms with Crippen LogP contribution in [0.4, 0.5) is 4.79 Å². The normalized spacial score (nSPS) is 18.0. The predicted octanol–water partition coefficient (Wildman–Crippen LogP) is 5.41. The molecule has 1 atom stereocenters. The second-order valence-corrected chi connectivity index (χ2v) is 10.8. The summed E-state index contributed by atoms with van der Waals surface area (Å²) in [7, 11) is 0. The molecular weight excluding hydrogens is 488 g/mol. The van der Waals surface area contributed by atoms with Crippen molar-refractivity contribution >= 4 is 27.9 Å². The van der Waals surface area contributed by atoms with Gasteiger partial charge in [-0.15, -0.1) is 0 Å². The first-order valence-electron chi connectivity index (χ1n) is 13.8. The molecule has 198 valence electrons. The van der Waals surface area contributed by atoms with Crippen LogP contribution in [0.15, 0.2) is 65.1 Å². The summed E-state index contributed by atoms with van der Waals surface area (Å²) in [6.45, 7) is 5.89. The zero-order valence-electron chi connectivity index (χ0n) is 22.1. The molecule has 8 nitrogen and oxygen atoms in total. The van der Waals surface area contributed by atoms with Crippen LogP contribution in [-0.2, 0) is 19.5 Å². The number of aryl methyl sites for hydroxylation is 1. The number of nitrogens with zero attached hydrogens (tertiary/aromatic N) is 4. The highest BCUT2D eigenvalue weighted by atomic mass is 16.3. The van der Waals surface area contributed by atoms with Gasteiger partial charge in [-0.3, -0.25) is 10.00 Å². The third-order valence-electron chi connectivity index (χ3n) is 8.04. The van der Waals surface area contributed by atoms with Gasteiger partial charge in [-0.1, -0.05) is 36.4 Å². The number of aromatic nitrogens is 3. The minimum absolute atomic E-state index is 0.00735. The molecule has 5 aromatic rings. The monoisotopic (exact) mass is 520 g/mol. The van der Waals surface area contributed by atoms with Gasteiger partial charge in [-0.2, -0.15) is 5.10 Å². The molecule has 4 heterocycles. The van der Waals surface area contributed by atoms with Crippen molar-refractivity contribution in [3.8, 4) is 11.3 Å². The van der Waals surface area contributed by atoms with Crippen LogP contribution >= 0.6 is 0 Å². The van der Waals surface area contributed by atoms with Crippen molar-refractivity contribution < 1.29 is 9.21 Å². The van der Waals surface area contributed by atoms with E-state index in [0.29, 0.717) is 19.0 Å². The van der Waals surface area contributed by atoms with Crippen LogP contribution in [0.25, 0.3) is 33.1 Å². The number of H-pyrrole nitrogens is 1. The highest BCUT2D eigenvalue weighted by Crippen LogP contribution is 2.31. The SMILES string of the molecule is Cc1nc2cc(-c3n[nH]c4c3CN(C(=O)N[C@@H]3CCCN(Cc5ccc6ccccc6c5)C3)CC4)ccc2o1. The summed E-state index contributed by atoms with van der Waals surface area (Å²) in [5.41, 5.74) is 6.94. The highest BCUT2D eigenvalue weighted by molar-refractivity contribution is 5.83. The molecule has 2 aliphatic heterocycles. The van der Waals surface area contributed by atoms with E-state index in [1.807, 2.05) is 30.0 Å². The van der Waals surface area contributed by atoms with Crippen molar-refractivity contribution in [2.45, 2.75) is 45.3 Å². The Labute approximate surface area is 227 Å². The van der Waals surface area contributed by atoms with E-state index >= 15 is 0 Å². The number of nitrogens with one attached hydrogen (secondary N) is 2. The van der Waals surface area contributed by atoms with Crippen LogP contribution in [0.5, 0.6) is 0 Å². The average molecular weight is 521 g/mol. The van der Waals surface area contributed by atoms with Crippen LogP contribution in [0.1, 0.15) is 35.6 Å². The molecule has 1 fully saturated rings. The smallest absolute Gasteiger partial charge is 0.317 e. The van der Waals surface area contributed by atoms with E-state index in [0.717, 1.165) is 72.5 Å². The van der Waals surface area contributed by atoms with Crippen molar-refractivity contribution in [3.05, 3.63) is 83.4 Å². The minimum Gasteiger partial charge on any atom is -0.441 e. The molecule has 0 spiro atoms. The standard InChI is InChI=1S/C31H32N6O2/c1-20-32-28-16-24(10-11-29(28)39-20)30-26-19-37(14-12-27(26)34-35-30)31(38)33-25-7-4-13-36(18-25)17-21-8-9-22-5-2-3-6-23(22)15-21/h2-3,5-6,8-11,15-16,25H,4,7,12-14,17-19H2,1H3,(H,33,38)(H,34,35)/t25-/m1/s1. The van der Waals surface area contributed by atoms with Gasteiger partial charge in [0.1, 0.15) is 5.52 Å². The van der Waals surface area contributed by atoms with Crippen LogP contribution < -0.4 is 5.32 Å². The first kappa shape index (κ1) is 23.9. The molecule has 0 bridgehead atoms. The first-order chi connectivity index (χ1) is 19.1. The summed E-state index contributed by atoms with van der Waals surface area (Å²) in [5, 5.41) is 13.7. The molecule has 0 radical (unpaired) electrons. The number of hydrogen-bond acceptors (Lipinski definition) is 5. The third kappa shape index (κ3) is 4.76. The Hall–Kier alpha value is -4.17. The molecule has 2 aromatic heterocycles. The molecule has 39 heavy (non-hydrogen) atoms. The summed E-state index contributed by atoms with van der Waals surface area (Å²) in [6.07, 6.45) is 2.85. The highest BCUT2D eigenvalue weighted by Gasteiger charge is 2.28. The molecule has 7 rings (SSSR count). The van der Waals surface area contributed by atoms with E-state index in [2.05, 4.69) is 67.9 Å². The fourth-order valence-electron chi connectivity index (χ4n) is 6.08. The molecule has 0 saturated carbocycles. The molecule has 1 saturated heterocycles. The second-order valence-electron chi connectivity index (χ2n) is 10.8. The lowest BCUT2D eigenvalue weighted by molar-refractivity contribution is 0.160. The Kier molecular flexibility index (Phi) is 6.04. The number of benzene rings is 3. The van der Waals surface area contributed by atoms with E-state index in [-0.39, 0.29) is 12.1 Å². The molecule has 2 aliphatic rings. The summed E-state index contributed by atoms with van der Waals surface area (Å²) < 4.78 is 5.63. The van der Waals surface area contributed by atoms with Crippen LogP contribution in [-0.4, -0.2) is 56.7 Å². The fourth-order valence-corrected chi connectivity index (χ4v) is 6.08. The Morgan fingerprint density at radius 1 is 1.10 bits per heavy atom. The quantitative estimate of drug-likeness (QED) is 0.331. The summed E-state index contributed by atoms with van der Waals surface area (Å²) >= 11 is 0. The average Bonchev–Trinajstić information content (AvgIpc) is 3.54. The summed E-state index contributed by atoms with van der Waals surface area (Å²) in [5.74, 6) is 0.646. The van der Waals surface area contributed by atoms with Gasteiger partial charge in [-0.05, 0) is 60.0 Å². The van der Waals surface area contributed by atoms with Gasteiger partial charge in [0, 0.05) is 55.8 Å². The number of likely N-dealkylation sites (tertiary alicyclic amines) is 1.